The van der Waals surface area contributed by atoms with E-state index in [-0.39, 0.29) is 5.75 Å². The minimum absolute atomic E-state index is 0.375. The second kappa shape index (κ2) is 3.10. The van der Waals surface area contributed by atoms with Crippen LogP contribution in [0.3, 0.4) is 0 Å². The van der Waals surface area contributed by atoms with Gasteiger partial charge < -0.3 is 5.11 Å². The first kappa shape index (κ1) is 8.69. The van der Waals surface area contributed by atoms with Crippen molar-refractivity contribution >= 4 is 17.1 Å². The molecule has 0 spiro atoms. The van der Waals surface area contributed by atoms with E-state index < -0.39 is 5.82 Å². The van der Waals surface area contributed by atoms with Gasteiger partial charge in [-0.15, -0.1) is 0 Å². The maximum atomic E-state index is 12.9. The molecule has 2 rings (SSSR count). The van der Waals surface area contributed by atoms with Crippen molar-refractivity contribution in [2.45, 2.75) is 0 Å². The zero-order valence-electron chi connectivity index (χ0n) is 7.20. The Labute approximate surface area is 79.6 Å². The fourth-order valence-corrected chi connectivity index (χ4v) is 1.38. The summed E-state index contributed by atoms with van der Waals surface area (Å²) in [5.41, 5.74) is 0.503. The summed E-state index contributed by atoms with van der Waals surface area (Å²) in [5.74, 6) is -1.03. The lowest BCUT2D eigenvalue weighted by Crippen LogP contribution is -1.83. The first-order chi connectivity index (χ1) is 6.72. The highest BCUT2D eigenvalue weighted by atomic mass is 19.1. The van der Waals surface area contributed by atoms with Crippen LogP contribution < -0.4 is 0 Å². The van der Waals surface area contributed by atoms with Crippen LogP contribution in [0.5, 0.6) is 5.75 Å². The van der Waals surface area contributed by atoms with Gasteiger partial charge in [-0.3, -0.25) is 4.79 Å². The molecule has 0 heterocycles. The molecule has 0 aliphatic carbocycles. The highest BCUT2D eigenvalue weighted by Gasteiger charge is 2.05. The number of hydrogen-bond acceptors (Lipinski definition) is 2. The molecule has 70 valence electrons. The number of carbonyl (C=O) groups is 1. The minimum Gasteiger partial charge on any atom is -0.504 e. The van der Waals surface area contributed by atoms with Crippen LogP contribution in [0.25, 0.3) is 10.8 Å². The van der Waals surface area contributed by atoms with E-state index in [1.54, 1.807) is 6.07 Å². The normalized spacial score (nSPS) is 10.4. The molecule has 0 radical (unpaired) electrons. The third-order valence-electron chi connectivity index (χ3n) is 2.10. The zero-order chi connectivity index (χ0) is 10.1. The van der Waals surface area contributed by atoms with Gasteiger partial charge in [0.15, 0.2) is 11.6 Å². The Morgan fingerprint density at radius 2 is 2.00 bits per heavy atom. The summed E-state index contributed by atoms with van der Waals surface area (Å²) < 4.78 is 12.9. The molecular weight excluding hydrogens is 183 g/mol. The van der Waals surface area contributed by atoms with Crippen LogP contribution in [-0.2, 0) is 0 Å². The van der Waals surface area contributed by atoms with E-state index in [1.807, 2.05) is 0 Å². The average Bonchev–Trinajstić information content (AvgIpc) is 2.23. The van der Waals surface area contributed by atoms with Gasteiger partial charge in [0, 0.05) is 10.9 Å². The molecule has 0 bridgehead atoms. The fraction of sp³-hybridized carbons (Fsp3) is 0. The maximum Gasteiger partial charge on any atom is 0.165 e. The van der Waals surface area contributed by atoms with Gasteiger partial charge in [-0.05, 0) is 23.6 Å². The van der Waals surface area contributed by atoms with E-state index in [0.717, 1.165) is 0 Å². The van der Waals surface area contributed by atoms with Gasteiger partial charge >= 0.3 is 0 Å². The number of hydrogen-bond donors (Lipinski definition) is 1. The first-order valence-corrected chi connectivity index (χ1v) is 4.09. The van der Waals surface area contributed by atoms with E-state index in [9.17, 15) is 14.3 Å². The summed E-state index contributed by atoms with van der Waals surface area (Å²) in [4.78, 5) is 10.5. The molecular formula is C11H7FO2. The molecule has 0 aliphatic rings. The largest absolute Gasteiger partial charge is 0.504 e. The van der Waals surface area contributed by atoms with Gasteiger partial charge in [-0.1, -0.05) is 12.1 Å². The number of rotatable bonds is 1. The van der Waals surface area contributed by atoms with Gasteiger partial charge in [-0.2, -0.15) is 0 Å². The summed E-state index contributed by atoms with van der Waals surface area (Å²) in [6, 6.07) is 7.36. The van der Waals surface area contributed by atoms with Crippen LogP contribution in [0.2, 0.25) is 0 Å². The number of phenols is 1. The fourth-order valence-electron chi connectivity index (χ4n) is 1.38. The molecule has 2 aromatic rings. The van der Waals surface area contributed by atoms with Crippen molar-refractivity contribution in [2.24, 2.45) is 0 Å². The van der Waals surface area contributed by atoms with E-state index in [0.29, 0.717) is 22.6 Å². The van der Waals surface area contributed by atoms with Crippen LogP contribution in [0.4, 0.5) is 4.39 Å². The molecule has 0 aliphatic heterocycles. The summed E-state index contributed by atoms with van der Waals surface area (Å²) >= 11 is 0. The van der Waals surface area contributed by atoms with E-state index in [2.05, 4.69) is 0 Å². The highest BCUT2D eigenvalue weighted by Crippen LogP contribution is 2.27. The second-order valence-electron chi connectivity index (χ2n) is 2.99. The molecule has 1 N–H and O–H groups in total. The van der Waals surface area contributed by atoms with Crippen molar-refractivity contribution in [1.29, 1.82) is 0 Å². The van der Waals surface area contributed by atoms with Gasteiger partial charge in [0.05, 0.1) is 0 Å². The predicted molar refractivity (Wildman–Crippen MR) is 51.0 cm³/mol. The number of aldehydes is 1. The van der Waals surface area contributed by atoms with E-state index >= 15 is 0 Å². The van der Waals surface area contributed by atoms with Crippen molar-refractivity contribution in [1.82, 2.24) is 0 Å². The lowest BCUT2D eigenvalue weighted by atomic mass is 10.1. The Morgan fingerprint density at radius 3 is 2.71 bits per heavy atom. The lowest BCUT2D eigenvalue weighted by molar-refractivity contribution is 0.112. The number of halogens is 1. The number of carbonyl (C=O) groups excluding carboxylic acids is 1. The predicted octanol–water partition coefficient (Wildman–Crippen LogP) is 2.50. The summed E-state index contributed by atoms with van der Waals surface area (Å²) in [5, 5.41) is 10.4. The Morgan fingerprint density at radius 1 is 1.21 bits per heavy atom. The smallest absolute Gasteiger partial charge is 0.165 e. The van der Waals surface area contributed by atoms with Gasteiger partial charge in [0.1, 0.15) is 6.29 Å². The topological polar surface area (TPSA) is 37.3 Å². The maximum absolute atomic E-state index is 12.9. The van der Waals surface area contributed by atoms with Crippen LogP contribution in [0.15, 0.2) is 30.3 Å². The molecule has 0 amide bonds. The van der Waals surface area contributed by atoms with Crippen molar-refractivity contribution < 1.29 is 14.3 Å². The quantitative estimate of drug-likeness (QED) is 0.701. The summed E-state index contributed by atoms with van der Waals surface area (Å²) in [6.45, 7) is 0. The van der Waals surface area contributed by atoms with Crippen molar-refractivity contribution in [3.63, 3.8) is 0 Å². The summed E-state index contributed by atoms with van der Waals surface area (Å²) in [6.07, 6.45) is 0.708. The number of fused-ring (bicyclic) bond motifs is 1. The molecule has 0 aromatic heterocycles. The monoisotopic (exact) mass is 190 g/mol. The SMILES string of the molecule is O=Cc1ccc2c(O)c(F)ccc2c1. The third-order valence-corrected chi connectivity index (χ3v) is 2.10. The first-order valence-electron chi connectivity index (χ1n) is 4.09. The van der Waals surface area contributed by atoms with Gasteiger partial charge in [0.25, 0.3) is 0 Å². The van der Waals surface area contributed by atoms with Crippen LogP contribution >= 0.6 is 0 Å². The lowest BCUT2D eigenvalue weighted by Gasteiger charge is -2.02. The molecule has 14 heavy (non-hydrogen) atoms. The van der Waals surface area contributed by atoms with E-state index in [1.165, 1.54) is 24.3 Å². The molecule has 0 fully saturated rings. The number of benzene rings is 2. The molecule has 0 saturated carbocycles. The Balaban J connectivity index is 2.81. The Bertz CT molecular complexity index is 506. The second-order valence-corrected chi connectivity index (χ2v) is 2.99. The Kier molecular flexibility index (Phi) is 1.93. The highest BCUT2D eigenvalue weighted by molar-refractivity contribution is 5.92. The number of phenolic OH excluding ortho intramolecular Hbond substituents is 1. The standard InChI is InChI=1S/C11H7FO2/c12-10-4-2-8-5-7(6-13)1-3-9(8)11(10)14/h1-6,14H. The average molecular weight is 190 g/mol. The minimum atomic E-state index is -0.656. The van der Waals surface area contributed by atoms with Crippen molar-refractivity contribution in [2.75, 3.05) is 0 Å². The molecule has 0 saturated heterocycles. The zero-order valence-corrected chi connectivity index (χ0v) is 7.20. The molecule has 3 heteroatoms. The molecule has 0 atom stereocenters. The Hall–Kier alpha value is -1.90. The number of aromatic hydroxyl groups is 1. The van der Waals surface area contributed by atoms with Gasteiger partial charge in [0.2, 0.25) is 0 Å². The molecule has 0 unspecified atom stereocenters. The molecule has 2 nitrogen and oxygen atoms in total. The van der Waals surface area contributed by atoms with Crippen molar-refractivity contribution in [3.05, 3.63) is 41.7 Å². The van der Waals surface area contributed by atoms with Crippen molar-refractivity contribution in [3.8, 4) is 5.75 Å². The van der Waals surface area contributed by atoms with Crippen LogP contribution in [0, 0.1) is 5.82 Å². The van der Waals surface area contributed by atoms with Gasteiger partial charge in [-0.25, -0.2) is 4.39 Å². The summed E-state index contributed by atoms with van der Waals surface area (Å²) in [7, 11) is 0. The van der Waals surface area contributed by atoms with E-state index in [4.69, 9.17) is 0 Å². The third kappa shape index (κ3) is 1.23. The van der Waals surface area contributed by atoms with Crippen LogP contribution in [-0.4, -0.2) is 11.4 Å². The van der Waals surface area contributed by atoms with Crippen LogP contribution in [0.1, 0.15) is 10.4 Å². The molecule has 2 aromatic carbocycles.